The number of hydrogen-bond acceptors (Lipinski definition) is 4. The van der Waals surface area contributed by atoms with E-state index < -0.39 is 0 Å². The molecule has 6 heteroatoms. The van der Waals surface area contributed by atoms with Gasteiger partial charge in [-0.1, -0.05) is 30.3 Å². The average molecular weight is 313 g/mol. The van der Waals surface area contributed by atoms with Crippen molar-refractivity contribution >= 4 is 5.91 Å². The van der Waals surface area contributed by atoms with E-state index in [4.69, 9.17) is 0 Å². The van der Waals surface area contributed by atoms with Gasteiger partial charge in [0.2, 0.25) is 5.91 Å². The minimum atomic E-state index is 0.0893. The standard InChI is InChI=1S/C17H23N5O/c1-13-16(19-17(23)8-7-15-11-18-21-20-15)9-10-22(13)12-14-5-3-2-4-6-14/h2-6,11,13,16H,7-10,12H2,1H3,(H,19,23)(H,18,20,21). The summed E-state index contributed by atoms with van der Waals surface area (Å²) in [5.74, 6) is 0.0893. The molecule has 122 valence electrons. The summed E-state index contributed by atoms with van der Waals surface area (Å²) in [5, 5.41) is 13.5. The molecule has 1 saturated heterocycles. The van der Waals surface area contributed by atoms with E-state index in [9.17, 15) is 4.79 Å². The van der Waals surface area contributed by atoms with E-state index in [1.54, 1.807) is 6.20 Å². The molecule has 1 aromatic carbocycles. The quantitative estimate of drug-likeness (QED) is 0.848. The maximum Gasteiger partial charge on any atom is 0.220 e. The molecule has 1 fully saturated rings. The number of nitrogens with zero attached hydrogens (tertiary/aromatic N) is 3. The van der Waals surface area contributed by atoms with Crippen LogP contribution >= 0.6 is 0 Å². The van der Waals surface area contributed by atoms with E-state index >= 15 is 0 Å². The molecule has 1 aliphatic rings. The molecule has 1 aliphatic heterocycles. The van der Waals surface area contributed by atoms with Crippen LogP contribution in [-0.2, 0) is 17.8 Å². The van der Waals surface area contributed by atoms with Crippen molar-refractivity contribution in [3.63, 3.8) is 0 Å². The smallest absolute Gasteiger partial charge is 0.220 e. The zero-order chi connectivity index (χ0) is 16.1. The van der Waals surface area contributed by atoms with Gasteiger partial charge in [-0.05, 0) is 18.9 Å². The van der Waals surface area contributed by atoms with Crippen LogP contribution in [0.25, 0.3) is 0 Å². The highest BCUT2D eigenvalue weighted by molar-refractivity contribution is 5.76. The van der Waals surface area contributed by atoms with Crippen molar-refractivity contribution in [3.8, 4) is 0 Å². The maximum atomic E-state index is 12.1. The van der Waals surface area contributed by atoms with E-state index in [1.165, 1.54) is 5.56 Å². The number of rotatable bonds is 6. The monoisotopic (exact) mass is 313 g/mol. The number of aromatic amines is 1. The van der Waals surface area contributed by atoms with Crippen LogP contribution < -0.4 is 5.32 Å². The molecule has 2 aromatic rings. The molecular weight excluding hydrogens is 290 g/mol. The highest BCUT2D eigenvalue weighted by Crippen LogP contribution is 2.20. The number of nitrogens with one attached hydrogen (secondary N) is 2. The highest BCUT2D eigenvalue weighted by Gasteiger charge is 2.31. The third kappa shape index (κ3) is 4.16. The molecule has 2 unspecified atom stereocenters. The number of H-pyrrole nitrogens is 1. The number of carbonyl (C=O) groups is 1. The van der Waals surface area contributed by atoms with E-state index in [0.717, 1.165) is 25.2 Å². The van der Waals surface area contributed by atoms with Crippen molar-refractivity contribution in [1.82, 2.24) is 25.6 Å². The van der Waals surface area contributed by atoms with Gasteiger partial charge in [0, 0.05) is 38.0 Å². The molecule has 3 rings (SSSR count). The minimum absolute atomic E-state index is 0.0893. The summed E-state index contributed by atoms with van der Waals surface area (Å²) in [6.07, 6.45) is 3.74. The van der Waals surface area contributed by atoms with Crippen molar-refractivity contribution in [2.75, 3.05) is 6.54 Å². The van der Waals surface area contributed by atoms with E-state index in [2.05, 4.69) is 56.8 Å². The van der Waals surface area contributed by atoms with Crippen LogP contribution in [0.3, 0.4) is 0 Å². The predicted octanol–water partition coefficient (Wildman–Crippen LogP) is 1.52. The van der Waals surface area contributed by atoms with E-state index in [0.29, 0.717) is 18.9 Å². The fourth-order valence-corrected chi connectivity index (χ4v) is 3.10. The first kappa shape index (κ1) is 15.7. The maximum absolute atomic E-state index is 12.1. The second-order valence-electron chi connectivity index (χ2n) is 6.12. The number of carbonyl (C=O) groups excluding carboxylic acids is 1. The van der Waals surface area contributed by atoms with Crippen molar-refractivity contribution in [2.24, 2.45) is 0 Å². The molecule has 1 aromatic heterocycles. The second kappa shape index (κ2) is 7.37. The van der Waals surface area contributed by atoms with Gasteiger partial charge in [-0.25, -0.2) is 0 Å². The first-order valence-corrected chi connectivity index (χ1v) is 8.14. The summed E-state index contributed by atoms with van der Waals surface area (Å²) in [6.45, 7) is 4.15. The lowest BCUT2D eigenvalue weighted by molar-refractivity contribution is -0.121. The number of benzene rings is 1. The Morgan fingerprint density at radius 1 is 1.39 bits per heavy atom. The van der Waals surface area contributed by atoms with Crippen LogP contribution in [0.15, 0.2) is 36.5 Å². The molecule has 0 radical (unpaired) electrons. The molecule has 23 heavy (non-hydrogen) atoms. The molecule has 0 bridgehead atoms. The van der Waals surface area contributed by atoms with Gasteiger partial charge in [-0.3, -0.25) is 9.69 Å². The summed E-state index contributed by atoms with van der Waals surface area (Å²) in [5.41, 5.74) is 2.14. The van der Waals surface area contributed by atoms with Crippen molar-refractivity contribution in [2.45, 2.75) is 44.8 Å². The van der Waals surface area contributed by atoms with Gasteiger partial charge in [0.1, 0.15) is 0 Å². The normalized spacial score (nSPS) is 21.4. The Labute approximate surface area is 136 Å². The molecule has 2 atom stereocenters. The van der Waals surface area contributed by atoms with Gasteiger partial charge in [0.05, 0.1) is 11.9 Å². The molecule has 2 heterocycles. The van der Waals surface area contributed by atoms with Crippen LogP contribution in [0, 0.1) is 0 Å². The van der Waals surface area contributed by atoms with Crippen LogP contribution in [-0.4, -0.2) is 44.8 Å². The summed E-state index contributed by atoms with van der Waals surface area (Å²) >= 11 is 0. The fraction of sp³-hybridized carbons (Fsp3) is 0.471. The Morgan fingerprint density at radius 3 is 2.96 bits per heavy atom. The number of amides is 1. The molecule has 0 aliphatic carbocycles. The van der Waals surface area contributed by atoms with Crippen LogP contribution in [0.4, 0.5) is 0 Å². The largest absolute Gasteiger partial charge is 0.352 e. The predicted molar refractivity (Wildman–Crippen MR) is 87.6 cm³/mol. The van der Waals surface area contributed by atoms with Crippen molar-refractivity contribution in [3.05, 3.63) is 47.8 Å². The van der Waals surface area contributed by atoms with Gasteiger partial charge in [-0.2, -0.15) is 15.4 Å². The Bertz CT molecular complexity index is 613. The zero-order valence-electron chi connectivity index (χ0n) is 13.4. The highest BCUT2D eigenvalue weighted by atomic mass is 16.1. The Hall–Kier alpha value is -2.21. The van der Waals surface area contributed by atoms with Crippen LogP contribution in [0.2, 0.25) is 0 Å². The molecule has 6 nitrogen and oxygen atoms in total. The van der Waals surface area contributed by atoms with Gasteiger partial charge in [0.25, 0.3) is 0 Å². The lowest BCUT2D eigenvalue weighted by Gasteiger charge is -2.25. The summed E-state index contributed by atoms with van der Waals surface area (Å²) in [7, 11) is 0. The first-order chi connectivity index (χ1) is 11.2. The number of aromatic nitrogens is 3. The number of hydrogen-bond donors (Lipinski definition) is 2. The lowest BCUT2D eigenvalue weighted by atomic mass is 10.1. The van der Waals surface area contributed by atoms with Crippen molar-refractivity contribution in [1.29, 1.82) is 0 Å². The fourth-order valence-electron chi connectivity index (χ4n) is 3.10. The second-order valence-corrected chi connectivity index (χ2v) is 6.12. The third-order valence-electron chi connectivity index (χ3n) is 4.53. The number of likely N-dealkylation sites (tertiary alicyclic amines) is 1. The van der Waals surface area contributed by atoms with Gasteiger partial charge >= 0.3 is 0 Å². The van der Waals surface area contributed by atoms with Crippen molar-refractivity contribution < 1.29 is 4.79 Å². The lowest BCUT2D eigenvalue weighted by Crippen LogP contribution is -2.43. The Kier molecular flexibility index (Phi) is 5.02. The molecular formula is C17H23N5O. The summed E-state index contributed by atoms with van der Waals surface area (Å²) in [6, 6.07) is 11.1. The first-order valence-electron chi connectivity index (χ1n) is 8.14. The number of aryl methyl sites for hydroxylation is 1. The SMILES string of the molecule is CC1C(NC(=O)CCc2cn[nH]n2)CCN1Cc1ccccc1. The van der Waals surface area contributed by atoms with Gasteiger partial charge in [-0.15, -0.1) is 0 Å². The minimum Gasteiger partial charge on any atom is -0.352 e. The molecule has 0 spiro atoms. The Balaban J connectivity index is 1.46. The van der Waals surface area contributed by atoms with Gasteiger partial charge in [0.15, 0.2) is 0 Å². The molecule has 1 amide bonds. The van der Waals surface area contributed by atoms with Gasteiger partial charge < -0.3 is 5.32 Å². The van der Waals surface area contributed by atoms with E-state index in [-0.39, 0.29) is 11.9 Å². The Morgan fingerprint density at radius 2 is 2.22 bits per heavy atom. The topological polar surface area (TPSA) is 73.9 Å². The average Bonchev–Trinajstić information content (AvgIpc) is 3.19. The van der Waals surface area contributed by atoms with Crippen LogP contribution in [0.1, 0.15) is 31.0 Å². The molecule has 0 saturated carbocycles. The molecule has 2 N–H and O–H groups in total. The van der Waals surface area contributed by atoms with E-state index in [1.807, 2.05) is 6.07 Å². The zero-order valence-corrected chi connectivity index (χ0v) is 13.4. The van der Waals surface area contributed by atoms with Crippen LogP contribution in [0.5, 0.6) is 0 Å². The third-order valence-corrected chi connectivity index (χ3v) is 4.53. The summed E-state index contributed by atoms with van der Waals surface area (Å²) < 4.78 is 0. The summed E-state index contributed by atoms with van der Waals surface area (Å²) in [4.78, 5) is 14.5.